The van der Waals surface area contributed by atoms with Crippen molar-refractivity contribution in [2.45, 2.75) is 50.7 Å². The van der Waals surface area contributed by atoms with Crippen LogP contribution in [0.1, 0.15) is 59.7 Å². The molecule has 35 heavy (non-hydrogen) atoms. The van der Waals surface area contributed by atoms with Gasteiger partial charge in [0.25, 0.3) is 0 Å². The van der Waals surface area contributed by atoms with E-state index >= 15 is 0 Å². The highest BCUT2D eigenvalue weighted by molar-refractivity contribution is 6.39. The summed E-state index contributed by atoms with van der Waals surface area (Å²) in [6.45, 7) is 2.29. The molecule has 3 aromatic rings. The van der Waals surface area contributed by atoms with Gasteiger partial charge in [-0.15, -0.1) is 0 Å². The molecule has 182 valence electrons. The van der Waals surface area contributed by atoms with E-state index in [1.54, 1.807) is 12.1 Å². The van der Waals surface area contributed by atoms with Gasteiger partial charge in [0, 0.05) is 35.8 Å². The monoisotopic (exact) mass is 512 g/mol. The maximum atomic E-state index is 11.3. The van der Waals surface area contributed by atoms with Crippen molar-refractivity contribution >= 4 is 34.9 Å². The van der Waals surface area contributed by atoms with Gasteiger partial charge in [0.1, 0.15) is 11.5 Å². The van der Waals surface area contributed by atoms with Gasteiger partial charge in [-0.1, -0.05) is 40.5 Å². The molecule has 0 amide bonds. The Kier molecular flexibility index (Phi) is 5.78. The molecule has 2 aliphatic carbocycles. The van der Waals surface area contributed by atoms with Gasteiger partial charge in [-0.05, 0) is 67.9 Å². The summed E-state index contributed by atoms with van der Waals surface area (Å²) in [5.74, 6) is 0.402. The van der Waals surface area contributed by atoms with Crippen molar-refractivity contribution in [3.05, 3.63) is 69.4 Å². The van der Waals surface area contributed by atoms with Crippen LogP contribution in [0.5, 0.6) is 0 Å². The normalized spacial score (nSPS) is 23.6. The predicted molar refractivity (Wildman–Crippen MR) is 134 cm³/mol. The van der Waals surface area contributed by atoms with Gasteiger partial charge in [0.2, 0.25) is 0 Å². The Balaban J connectivity index is 1.13. The number of nitrogens with zero attached hydrogens (tertiary/aromatic N) is 2. The fourth-order valence-corrected chi connectivity index (χ4v) is 6.17. The number of rotatable bonds is 7. The highest BCUT2D eigenvalue weighted by Crippen LogP contribution is 2.51. The molecule has 2 saturated carbocycles. The van der Waals surface area contributed by atoms with Gasteiger partial charge < -0.3 is 19.3 Å². The Morgan fingerprint density at radius 1 is 1.17 bits per heavy atom. The average molecular weight is 513 g/mol. The molecule has 0 atom stereocenters. The van der Waals surface area contributed by atoms with Crippen LogP contribution in [0.25, 0.3) is 11.3 Å². The second kappa shape index (κ2) is 8.84. The molecular weight excluding hydrogens is 487 g/mol. The van der Waals surface area contributed by atoms with Gasteiger partial charge in [-0.3, -0.25) is 0 Å². The number of carboxylic acid groups (broad SMARTS) is 1. The molecule has 1 saturated heterocycles. The van der Waals surface area contributed by atoms with Crippen LogP contribution in [0.3, 0.4) is 0 Å². The summed E-state index contributed by atoms with van der Waals surface area (Å²) in [6.07, 6.45) is 5.46. The van der Waals surface area contributed by atoms with E-state index in [9.17, 15) is 9.90 Å². The van der Waals surface area contributed by atoms with E-state index in [0.717, 1.165) is 62.2 Å². The van der Waals surface area contributed by atoms with Crippen LogP contribution >= 0.6 is 23.2 Å². The summed E-state index contributed by atoms with van der Waals surface area (Å²) in [5, 5.41) is 14.8. The number of benzene rings is 2. The molecule has 3 aliphatic rings. The van der Waals surface area contributed by atoms with E-state index in [-0.39, 0.29) is 11.5 Å². The van der Waals surface area contributed by atoms with Crippen LogP contribution in [-0.4, -0.2) is 35.4 Å². The zero-order valence-corrected chi connectivity index (χ0v) is 20.7. The number of carboxylic acids is 1. The first-order valence-corrected chi connectivity index (χ1v) is 12.8. The third-order valence-corrected chi connectivity index (χ3v) is 8.28. The lowest BCUT2D eigenvalue weighted by Crippen LogP contribution is -2.44. The predicted octanol–water partition coefficient (Wildman–Crippen LogP) is 6.80. The van der Waals surface area contributed by atoms with Gasteiger partial charge in [-0.25, -0.2) is 4.79 Å². The first-order chi connectivity index (χ1) is 16.9. The minimum atomic E-state index is -0.894. The van der Waals surface area contributed by atoms with E-state index in [1.165, 1.54) is 0 Å². The van der Waals surface area contributed by atoms with Crippen LogP contribution in [0, 0.1) is 5.41 Å². The largest absolute Gasteiger partial charge is 0.478 e. The lowest BCUT2D eigenvalue weighted by Gasteiger charge is -2.45. The summed E-state index contributed by atoms with van der Waals surface area (Å²) < 4.78 is 12.1. The van der Waals surface area contributed by atoms with Crippen molar-refractivity contribution in [3.63, 3.8) is 0 Å². The molecule has 0 radical (unpaired) electrons. The third kappa shape index (κ3) is 4.32. The summed E-state index contributed by atoms with van der Waals surface area (Å²) >= 11 is 12.9. The van der Waals surface area contributed by atoms with Crippen LogP contribution in [-0.2, 0) is 11.3 Å². The molecule has 1 aliphatic heterocycles. The van der Waals surface area contributed by atoms with Crippen molar-refractivity contribution < 1.29 is 19.2 Å². The zero-order chi connectivity index (χ0) is 24.2. The molecule has 0 unspecified atom stereocenters. The van der Waals surface area contributed by atoms with Crippen LogP contribution in [0.2, 0.25) is 10.0 Å². The number of anilines is 1. The minimum absolute atomic E-state index is 0.178. The van der Waals surface area contributed by atoms with E-state index in [2.05, 4.69) is 10.1 Å². The second-order valence-corrected chi connectivity index (χ2v) is 10.9. The first-order valence-electron chi connectivity index (χ1n) is 12.1. The van der Waals surface area contributed by atoms with Gasteiger partial charge in [0.15, 0.2) is 0 Å². The Bertz CT molecular complexity index is 1260. The van der Waals surface area contributed by atoms with E-state index < -0.39 is 5.97 Å². The fourth-order valence-electron chi connectivity index (χ4n) is 5.60. The highest BCUT2D eigenvalue weighted by Gasteiger charge is 2.49. The summed E-state index contributed by atoms with van der Waals surface area (Å²) in [6, 6.07) is 12.7. The Morgan fingerprint density at radius 2 is 1.91 bits per heavy atom. The van der Waals surface area contributed by atoms with Crippen molar-refractivity contribution in [2.24, 2.45) is 5.41 Å². The van der Waals surface area contributed by atoms with Gasteiger partial charge in [-0.2, -0.15) is 0 Å². The van der Waals surface area contributed by atoms with Crippen LogP contribution in [0.15, 0.2) is 47.0 Å². The summed E-state index contributed by atoms with van der Waals surface area (Å²) in [7, 11) is 0. The molecule has 2 aromatic carbocycles. The topological polar surface area (TPSA) is 75.8 Å². The molecule has 6 nitrogen and oxygen atoms in total. The number of hydrogen-bond acceptors (Lipinski definition) is 5. The zero-order valence-electron chi connectivity index (χ0n) is 19.2. The Labute approximate surface area is 213 Å². The molecule has 1 aromatic heterocycles. The SMILES string of the molecule is O=C(O)c1cccc(N2CCC3(CC(OCc4c(-c5c(Cl)cccc5Cl)noc4C4CC4)C3)C2)c1. The van der Waals surface area contributed by atoms with Crippen molar-refractivity contribution in [3.8, 4) is 11.3 Å². The lowest BCUT2D eigenvalue weighted by molar-refractivity contribution is -0.0796. The Morgan fingerprint density at radius 3 is 2.63 bits per heavy atom. The molecule has 8 heteroatoms. The first kappa shape index (κ1) is 22.9. The van der Waals surface area contributed by atoms with Crippen molar-refractivity contribution in [2.75, 3.05) is 18.0 Å². The maximum Gasteiger partial charge on any atom is 0.335 e. The molecule has 1 N–H and O–H groups in total. The third-order valence-electron chi connectivity index (χ3n) is 7.65. The van der Waals surface area contributed by atoms with Crippen molar-refractivity contribution in [1.82, 2.24) is 5.16 Å². The van der Waals surface area contributed by atoms with E-state index in [0.29, 0.717) is 39.4 Å². The minimum Gasteiger partial charge on any atom is -0.478 e. The maximum absolute atomic E-state index is 11.3. The molecule has 1 spiro atoms. The molecular formula is C27H26Cl2N2O4. The quantitative estimate of drug-likeness (QED) is 0.375. The van der Waals surface area contributed by atoms with Gasteiger partial charge >= 0.3 is 5.97 Å². The number of aromatic nitrogens is 1. The number of carbonyl (C=O) groups is 1. The van der Waals surface area contributed by atoms with E-state index in [1.807, 2.05) is 30.3 Å². The van der Waals surface area contributed by atoms with Gasteiger partial charge in [0.05, 0.1) is 28.3 Å². The summed E-state index contributed by atoms with van der Waals surface area (Å²) in [4.78, 5) is 13.6. The number of ether oxygens (including phenoxy) is 1. The van der Waals surface area contributed by atoms with Crippen molar-refractivity contribution in [1.29, 1.82) is 0 Å². The number of halogens is 2. The number of aromatic carboxylic acids is 1. The summed E-state index contributed by atoms with van der Waals surface area (Å²) in [5.41, 5.74) is 3.88. The molecule has 2 heterocycles. The van der Waals surface area contributed by atoms with E-state index in [4.69, 9.17) is 32.5 Å². The highest BCUT2D eigenvalue weighted by atomic mass is 35.5. The fraction of sp³-hybridized carbons (Fsp3) is 0.407. The standard InChI is InChI=1S/C27H26Cl2N2O4/c28-21-5-2-6-22(29)23(21)24-20(25(35-30-24)16-7-8-16)14-34-19-12-27(13-19)9-10-31(15-27)18-4-1-3-17(11-18)26(32)33/h1-6,11,16,19H,7-10,12-15H2,(H,32,33). The molecule has 6 rings (SSSR count). The second-order valence-electron chi connectivity index (χ2n) is 10.1. The smallest absolute Gasteiger partial charge is 0.335 e. The lowest BCUT2D eigenvalue weighted by atomic mass is 9.66. The van der Waals surface area contributed by atoms with Crippen LogP contribution < -0.4 is 4.90 Å². The Hall–Kier alpha value is -2.54. The average Bonchev–Trinajstić information content (AvgIpc) is 3.43. The van der Waals surface area contributed by atoms with Crippen LogP contribution in [0.4, 0.5) is 5.69 Å². The molecule has 0 bridgehead atoms. The molecule has 3 fully saturated rings. The number of hydrogen-bond donors (Lipinski definition) is 1.